The largest absolute Gasteiger partial charge is 0.354 e. The zero-order valence-corrected chi connectivity index (χ0v) is 23.3. The molecule has 10 nitrogen and oxygen atoms in total. The van der Waals surface area contributed by atoms with Gasteiger partial charge >= 0.3 is 0 Å². The van der Waals surface area contributed by atoms with Crippen LogP contribution in [0.15, 0.2) is 71.2 Å². The molecule has 1 aliphatic rings. The minimum absolute atomic E-state index is 0. The number of nitrogens with one attached hydrogen (secondary N) is 3. The maximum atomic E-state index is 10.6. The van der Waals surface area contributed by atoms with Gasteiger partial charge in [-0.3, -0.25) is 24.4 Å². The van der Waals surface area contributed by atoms with E-state index in [2.05, 4.69) is 30.2 Å². The first-order valence-corrected chi connectivity index (χ1v) is 12.2. The molecular weight excluding hydrogens is 494 g/mol. The van der Waals surface area contributed by atoms with Crippen molar-refractivity contribution >= 4 is 5.91 Å². The first-order chi connectivity index (χ1) is 18.0. The smallest absolute Gasteiger partial charge is 0.250 e. The van der Waals surface area contributed by atoms with Crippen LogP contribution in [0.1, 0.15) is 55.4 Å². The number of amides is 1. The quantitative estimate of drug-likeness (QED) is 0.309. The average molecular weight is 538 g/mol. The van der Waals surface area contributed by atoms with Crippen molar-refractivity contribution in [3.63, 3.8) is 0 Å². The lowest BCUT2D eigenvalue weighted by molar-refractivity contribution is -0.119. The molecule has 5 heterocycles. The number of hydrogen-bond acceptors (Lipinski definition) is 6. The topological polar surface area (TPSA) is 138 Å². The van der Waals surface area contributed by atoms with Gasteiger partial charge in [-0.25, -0.2) is 4.98 Å². The molecule has 1 fully saturated rings. The van der Waals surface area contributed by atoms with Crippen LogP contribution in [0.5, 0.6) is 0 Å². The Morgan fingerprint density at radius 2 is 1.51 bits per heavy atom. The van der Waals surface area contributed by atoms with Gasteiger partial charge in [-0.05, 0) is 59.6 Å². The molecule has 4 aromatic heterocycles. The normalized spacial score (nSPS) is 12.8. The Hall–Kier alpha value is -4.34. The summed E-state index contributed by atoms with van der Waals surface area (Å²) in [5, 5.41) is 2.78. The second-order valence-electron chi connectivity index (χ2n) is 8.90. The van der Waals surface area contributed by atoms with Crippen LogP contribution in [-0.2, 0) is 11.8 Å². The van der Waals surface area contributed by atoms with Crippen molar-refractivity contribution in [1.29, 1.82) is 0 Å². The molecule has 0 bridgehead atoms. The highest BCUT2D eigenvalue weighted by Gasteiger charge is 2.14. The molecule has 39 heavy (non-hydrogen) atoms. The van der Waals surface area contributed by atoms with Crippen molar-refractivity contribution in [3.05, 3.63) is 110 Å². The third-order valence-corrected chi connectivity index (χ3v) is 4.91. The lowest BCUT2D eigenvalue weighted by Crippen LogP contribution is -2.21. The van der Waals surface area contributed by atoms with E-state index in [9.17, 15) is 14.4 Å². The highest BCUT2D eigenvalue weighted by atomic mass is 16.2. The summed E-state index contributed by atoms with van der Waals surface area (Å²) in [7, 11) is 1.96. The number of rotatable bonds is 0. The van der Waals surface area contributed by atoms with Gasteiger partial charge in [0.2, 0.25) is 11.5 Å². The molecular formula is C29H43N7O3. The van der Waals surface area contributed by atoms with Crippen LogP contribution in [0, 0.1) is 34.6 Å². The van der Waals surface area contributed by atoms with E-state index in [1.807, 2.05) is 52.4 Å². The minimum atomic E-state index is -0.0457. The van der Waals surface area contributed by atoms with Gasteiger partial charge in [0, 0.05) is 62.1 Å². The predicted octanol–water partition coefficient (Wildman–Crippen LogP) is 4.11. The average Bonchev–Trinajstić information content (AvgIpc) is 3.46. The summed E-state index contributed by atoms with van der Waals surface area (Å²) in [6.07, 6.45) is 12.3. The Morgan fingerprint density at radius 3 is 1.77 bits per heavy atom. The Balaban J connectivity index is 0.000000460. The molecule has 10 heteroatoms. The van der Waals surface area contributed by atoms with E-state index in [1.165, 1.54) is 6.07 Å². The molecule has 1 atom stereocenters. The van der Waals surface area contributed by atoms with Gasteiger partial charge in [-0.2, -0.15) is 0 Å². The van der Waals surface area contributed by atoms with Crippen molar-refractivity contribution in [2.24, 2.45) is 7.05 Å². The molecule has 0 aliphatic carbocycles. The molecule has 1 amide bonds. The lowest BCUT2D eigenvalue weighted by atomic mass is 10.3. The molecule has 1 unspecified atom stereocenters. The van der Waals surface area contributed by atoms with Gasteiger partial charge in [-0.15, -0.1) is 0 Å². The molecule has 3 N–H and O–H groups in total. The highest BCUT2D eigenvalue weighted by Crippen LogP contribution is 2.03. The molecule has 1 aliphatic heterocycles. The molecule has 5 rings (SSSR count). The van der Waals surface area contributed by atoms with Crippen molar-refractivity contribution < 1.29 is 4.79 Å². The second-order valence-corrected chi connectivity index (χ2v) is 8.90. The summed E-state index contributed by atoms with van der Waals surface area (Å²) >= 11 is 0. The van der Waals surface area contributed by atoms with Crippen molar-refractivity contribution in [3.8, 4) is 0 Å². The molecule has 4 aromatic rings. The van der Waals surface area contributed by atoms with Crippen LogP contribution in [-0.4, -0.2) is 41.4 Å². The van der Waals surface area contributed by atoms with Gasteiger partial charge in [0.25, 0.3) is 5.56 Å². The number of pyridine rings is 2. The Kier molecular flexibility index (Phi) is 16.7. The highest BCUT2D eigenvalue weighted by molar-refractivity contribution is 5.78. The zero-order valence-electron chi connectivity index (χ0n) is 23.3. The first kappa shape index (κ1) is 34.7. The SMILES string of the molecule is C.CC1CCC(=O)N1.Cc1ccc(=O)[nH]c1.Cc1ccc[nH]c1=O.Cc1cn(C)cn1.Cc1cnc(C)cn1. The van der Waals surface area contributed by atoms with E-state index < -0.39 is 0 Å². The number of nitrogens with zero attached hydrogens (tertiary/aromatic N) is 4. The van der Waals surface area contributed by atoms with Crippen LogP contribution in [0.25, 0.3) is 0 Å². The standard InChI is InChI=1S/C6H8N2.2C6H7NO.C5H8N2.C5H9NO.CH4/c1-5-3-8-6(2)4-7-5;1-5-2-3-6(8)7-4-5;1-5-3-2-4-7-6(5)8;1-5-3-7(2)4-6-5;1-4-2-3-5(7)6-4;/h3-4H,1-2H3;2*2-4H,1H3,(H,7,8);3-4H,1-2H3;4H,2-3H2,1H3,(H,6,7);1H4. The summed E-state index contributed by atoms with van der Waals surface area (Å²) in [6, 6.07) is 7.29. The van der Waals surface area contributed by atoms with Crippen LogP contribution >= 0.6 is 0 Å². The summed E-state index contributed by atoms with van der Waals surface area (Å²) in [5.41, 5.74) is 4.79. The van der Waals surface area contributed by atoms with Crippen molar-refractivity contribution in [2.75, 3.05) is 0 Å². The Labute approximate surface area is 231 Å². The van der Waals surface area contributed by atoms with Gasteiger partial charge in [0.05, 0.1) is 23.4 Å². The molecule has 0 saturated carbocycles. The van der Waals surface area contributed by atoms with Crippen LogP contribution < -0.4 is 16.4 Å². The second kappa shape index (κ2) is 18.8. The van der Waals surface area contributed by atoms with Gasteiger partial charge in [0.1, 0.15) is 0 Å². The molecule has 0 aromatic carbocycles. The predicted molar refractivity (Wildman–Crippen MR) is 157 cm³/mol. The lowest BCUT2D eigenvalue weighted by Gasteiger charge is -1.95. The fourth-order valence-corrected chi connectivity index (χ4v) is 2.76. The zero-order chi connectivity index (χ0) is 28.5. The van der Waals surface area contributed by atoms with Crippen molar-refractivity contribution in [1.82, 2.24) is 34.8 Å². The molecule has 1 saturated heterocycles. The van der Waals surface area contributed by atoms with Gasteiger partial charge < -0.3 is 19.9 Å². The van der Waals surface area contributed by atoms with E-state index >= 15 is 0 Å². The summed E-state index contributed by atoms with van der Waals surface area (Å²) in [5.74, 6) is 0.201. The number of aromatic amines is 2. The summed E-state index contributed by atoms with van der Waals surface area (Å²) in [4.78, 5) is 48.4. The number of carbonyl (C=O) groups is 1. The van der Waals surface area contributed by atoms with E-state index in [4.69, 9.17) is 0 Å². The molecule has 0 spiro atoms. The number of hydrogen-bond donors (Lipinski definition) is 3. The number of imidazole rings is 1. The number of H-pyrrole nitrogens is 2. The third kappa shape index (κ3) is 16.9. The third-order valence-electron chi connectivity index (χ3n) is 4.91. The monoisotopic (exact) mass is 537 g/mol. The van der Waals surface area contributed by atoms with E-state index in [0.717, 1.165) is 41.1 Å². The molecule has 0 radical (unpaired) electrons. The van der Waals surface area contributed by atoms with Crippen LogP contribution in [0.4, 0.5) is 0 Å². The van der Waals surface area contributed by atoms with Crippen molar-refractivity contribution in [2.45, 2.75) is 67.9 Å². The van der Waals surface area contributed by atoms with E-state index in [1.54, 1.807) is 56.2 Å². The van der Waals surface area contributed by atoms with E-state index in [-0.39, 0.29) is 24.5 Å². The van der Waals surface area contributed by atoms with Gasteiger partial charge in [-0.1, -0.05) is 19.6 Å². The fourth-order valence-electron chi connectivity index (χ4n) is 2.76. The van der Waals surface area contributed by atoms with Gasteiger partial charge in [0.15, 0.2) is 0 Å². The fraction of sp³-hybridized carbons (Fsp3) is 0.379. The number of aryl methyl sites for hydroxylation is 6. The minimum Gasteiger partial charge on any atom is -0.354 e. The first-order valence-electron chi connectivity index (χ1n) is 12.2. The summed E-state index contributed by atoms with van der Waals surface area (Å²) in [6.45, 7) is 11.5. The maximum Gasteiger partial charge on any atom is 0.250 e. The van der Waals surface area contributed by atoms with E-state index in [0.29, 0.717) is 6.04 Å². The Morgan fingerprint density at radius 1 is 0.872 bits per heavy atom. The summed E-state index contributed by atoms with van der Waals surface area (Å²) < 4.78 is 1.93. The Bertz CT molecular complexity index is 1280. The van der Waals surface area contributed by atoms with Crippen LogP contribution in [0.2, 0.25) is 0 Å². The van der Waals surface area contributed by atoms with Crippen LogP contribution in [0.3, 0.4) is 0 Å². The number of aromatic nitrogens is 6. The molecule has 212 valence electrons. The number of carbonyl (C=O) groups excluding carboxylic acids is 1. The maximum absolute atomic E-state index is 10.6.